The van der Waals surface area contributed by atoms with Gasteiger partial charge in [0.2, 0.25) is 10.1 Å². The predicted molar refractivity (Wildman–Crippen MR) is 92.4 cm³/mol. The van der Waals surface area contributed by atoms with Crippen LogP contribution >= 0.6 is 11.3 Å². The maximum atomic E-state index is 12.2. The van der Waals surface area contributed by atoms with Gasteiger partial charge in [-0.15, -0.1) is 5.10 Å². The molecule has 0 aliphatic carbocycles. The van der Waals surface area contributed by atoms with E-state index in [0.29, 0.717) is 4.96 Å². The minimum absolute atomic E-state index is 0.0978. The lowest BCUT2D eigenvalue weighted by atomic mass is 9.94. The largest absolute Gasteiger partial charge is 0.340 e. The van der Waals surface area contributed by atoms with Gasteiger partial charge in [-0.1, -0.05) is 42.5 Å². The Labute approximate surface area is 138 Å². The molecule has 0 amide bonds. The molecule has 23 heavy (non-hydrogen) atoms. The molecule has 1 unspecified atom stereocenters. The monoisotopic (exact) mass is 326 g/mol. The molecule has 0 radical (unpaired) electrons. The quantitative estimate of drug-likeness (QED) is 0.727. The summed E-state index contributed by atoms with van der Waals surface area (Å²) in [6.45, 7) is 5.11. The summed E-state index contributed by atoms with van der Waals surface area (Å²) >= 11 is 1.49. The highest BCUT2D eigenvalue weighted by atomic mass is 32.1. The molecule has 118 valence electrons. The lowest BCUT2D eigenvalue weighted by Gasteiger charge is -2.34. The molecule has 0 saturated carbocycles. The molecule has 3 aromatic rings. The lowest BCUT2D eigenvalue weighted by molar-refractivity contribution is 0.617. The van der Waals surface area contributed by atoms with Crippen molar-refractivity contribution in [1.29, 1.82) is 0 Å². The standard InChI is InChI=1S/C17H18N4OS/c1-3-13-10-15(22)21-16(18-13)23-17(19-21)20-9-8-12-6-4-5-7-14(12)11(20)2/h4-7,10-11H,3,8-9H2,1-2H3. The van der Waals surface area contributed by atoms with Crippen molar-refractivity contribution in [2.45, 2.75) is 32.7 Å². The molecule has 0 spiro atoms. The second-order valence-electron chi connectivity index (χ2n) is 5.84. The van der Waals surface area contributed by atoms with E-state index in [9.17, 15) is 4.79 Å². The third-order valence-electron chi connectivity index (χ3n) is 4.49. The Morgan fingerprint density at radius 1 is 1.35 bits per heavy atom. The zero-order valence-electron chi connectivity index (χ0n) is 13.2. The smallest absolute Gasteiger partial charge is 0.275 e. The average Bonchev–Trinajstić information content (AvgIpc) is 2.99. The molecule has 3 heterocycles. The van der Waals surface area contributed by atoms with E-state index in [1.807, 2.05) is 6.92 Å². The Hall–Kier alpha value is -2.21. The maximum Gasteiger partial charge on any atom is 0.275 e. The minimum atomic E-state index is -0.0978. The number of aromatic nitrogens is 3. The van der Waals surface area contributed by atoms with Gasteiger partial charge in [0, 0.05) is 18.3 Å². The van der Waals surface area contributed by atoms with Crippen molar-refractivity contribution < 1.29 is 0 Å². The molecule has 6 heteroatoms. The molecule has 5 nitrogen and oxygen atoms in total. The summed E-state index contributed by atoms with van der Waals surface area (Å²) in [5.41, 5.74) is 3.47. The lowest BCUT2D eigenvalue weighted by Crippen LogP contribution is -2.34. The van der Waals surface area contributed by atoms with Crippen molar-refractivity contribution in [3.05, 3.63) is 57.5 Å². The Balaban J connectivity index is 1.78. The van der Waals surface area contributed by atoms with Crippen LogP contribution in [0.2, 0.25) is 0 Å². The molecule has 1 aliphatic rings. The first-order valence-corrected chi connectivity index (χ1v) is 8.73. The average molecular weight is 326 g/mol. The zero-order valence-corrected chi connectivity index (χ0v) is 14.0. The molecule has 0 fully saturated rings. The van der Waals surface area contributed by atoms with E-state index in [1.165, 1.54) is 27.0 Å². The van der Waals surface area contributed by atoms with Crippen molar-refractivity contribution in [2.24, 2.45) is 0 Å². The molecular weight excluding hydrogens is 308 g/mol. The summed E-state index contributed by atoms with van der Waals surface area (Å²) < 4.78 is 1.42. The van der Waals surface area contributed by atoms with Gasteiger partial charge < -0.3 is 4.90 Å². The molecule has 1 aromatic carbocycles. The molecule has 0 N–H and O–H groups in total. The van der Waals surface area contributed by atoms with Gasteiger partial charge in [0.15, 0.2) is 0 Å². The van der Waals surface area contributed by atoms with Crippen molar-refractivity contribution >= 4 is 21.4 Å². The van der Waals surface area contributed by atoms with Crippen LogP contribution in [0.15, 0.2) is 35.1 Å². The SMILES string of the molecule is CCc1cc(=O)n2nc(N3CCc4ccccc4C3C)sc2n1. The highest BCUT2D eigenvalue weighted by molar-refractivity contribution is 7.20. The van der Waals surface area contributed by atoms with Gasteiger partial charge in [0.05, 0.1) is 6.04 Å². The Morgan fingerprint density at radius 2 is 2.17 bits per heavy atom. The minimum Gasteiger partial charge on any atom is -0.340 e. The number of nitrogens with zero attached hydrogens (tertiary/aromatic N) is 4. The second-order valence-corrected chi connectivity index (χ2v) is 6.77. The van der Waals surface area contributed by atoms with Crippen molar-refractivity contribution in [1.82, 2.24) is 14.6 Å². The van der Waals surface area contributed by atoms with Crippen molar-refractivity contribution in [2.75, 3.05) is 11.4 Å². The van der Waals surface area contributed by atoms with Crippen LogP contribution in [0.4, 0.5) is 5.13 Å². The van der Waals surface area contributed by atoms with Crippen LogP contribution in [0, 0.1) is 0 Å². The predicted octanol–water partition coefficient (Wildman–Crippen LogP) is 2.84. The summed E-state index contributed by atoms with van der Waals surface area (Å²) in [7, 11) is 0. The fraction of sp³-hybridized carbons (Fsp3) is 0.353. The molecule has 1 atom stereocenters. The van der Waals surface area contributed by atoms with Crippen LogP contribution in [0.25, 0.3) is 4.96 Å². The van der Waals surface area contributed by atoms with E-state index in [1.54, 1.807) is 6.07 Å². The Kier molecular flexibility index (Phi) is 3.41. The van der Waals surface area contributed by atoms with Gasteiger partial charge in [-0.25, -0.2) is 4.98 Å². The number of anilines is 1. The van der Waals surface area contributed by atoms with Gasteiger partial charge in [0.25, 0.3) is 5.56 Å². The van der Waals surface area contributed by atoms with E-state index in [4.69, 9.17) is 0 Å². The number of hydrogen-bond acceptors (Lipinski definition) is 5. The highest BCUT2D eigenvalue weighted by Gasteiger charge is 2.26. The first-order valence-electron chi connectivity index (χ1n) is 7.91. The first kappa shape index (κ1) is 14.4. The zero-order chi connectivity index (χ0) is 16.0. The molecule has 2 aromatic heterocycles. The molecule has 0 saturated heterocycles. The fourth-order valence-electron chi connectivity index (χ4n) is 3.18. The van der Waals surface area contributed by atoms with Gasteiger partial charge >= 0.3 is 0 Å². The van der Waals surface area contributed by atoms with Gasteiger partial charge in [-0.3, -0.25) is 4.79 Å². The number of aryl methyl sites for hydroxylation is 1. The Morgan fingerprint density at radius 3 is 3.00 bits per heavy atom. The number of benzene rings is 1. The normalized spacial score (nSPS) is 17.5. The van der Waals surface area contributed by atoms with E-state index in [-0.39, 0.29) is 11.6 Å². The summed E-state index contributed by atoms with van der Waals surface area (Å²) in [5.74, 6) is 0. The second kappa shape index (κ2) is 5.45. The summed E-state index contributed by atoms with van der Waals surface area (Å²) in [6, 6.07) is 10.4. The summed E-state index contributed by atoms with van der Waals surface area (Å²) in [4.78, 5) is 19.7. The van der Waals surface area contributed by atoms with Gasteiger partial charge in [-0.05, 0) is 30.9 Å². The van der Waals surface area contributed by atoms with Gasteiger partial charge in [0.1, 0.15) is 0 Å². The van der Waals surface area contributed by atoms with Crippen LogP contribution in [0.5, 0.6) is 0 Å². The fourth-order valence-corrected chi connectivity index (χ4v) is 4.21. The summed E-state index contributed by atoms with van der Waals surface area (Å²) in [6.07, 6.45) is 1.76. The van der Waals surface area contributed by atoms with Crippen LogP contribution in [-0.2, 0) is 12.8 Å². The molecule has 0 bridgehead atoms. The molecule has 4 rings (SSSR count). The van der Waals surface area contributed by atoms with Gasteiger partial charge in [-0.2, -0.15) is 4.52 Å². The Bertz CT molecular complexity index is 930. The molecular formula is C17H18N4OS. The van der Waals surface area contributed by atoms with Crippen LogP contribution in [0.1, 0.15) is 36.7 Å². The van der Waals surface area contributed by atoms with E-state index < -0.39 is 0 Å². The topological polar surface area (TPSA) is 50.5 Å². The van der Waals surface area contributed by atoms with Crippen LogP contribution < -0.4 is 10.5 Å². The third-order valence-corrected chi connectivity index (χ3v) is 5.44. The van der Waals surface area contributed by atoms with E-state index in [2.05, 4.69) is 46.2 Å². The first-order chi connectivity index (χ1) is 11.2. The van der Waals surface area contributed by atoms with Crippen LogP contribution in [0.3, 0.4) is 0 Å². The summed E-state index contributed by atoms with van der Waals surface area (Å²) in [5, 5.41) is 5.39. The van der Waals surface area contributed by atoms with Crippen LogP contribution in [-0.4, -0.2) is 21.1 Å². The van der Waals surface area contributed by atoms with E-state index >= 15 is 0 Å². The maximum absolute atomic E-state index is 12.2. The molecule has 1 aliphatic heterocycles. The number of fused-ring (bicyclic) bond motifs is 2. The number of rotatable bonds is 2. The highest BCUT2D eigenvalue weighted by Crippen LogP contribution is 2.34. The van der Waals surface area contributed by atoms with E-state index in [0.717, 1.165) is 30.2 Å². The van der Waals surface area contributed by atoms with Crippen molar-refractivity contribution in [3.8, 4) is 0 Å². The third kappa shape index (κ3) is 2.34. The van der Waals surface area contributed by atoms with Crippen molar-refractivity contribution in [3.63, 3.8) is 0 Å². The number of hydrogen-bond donors (Lipinski definition) is 0.